The van der Waals surface area contributed by atoms with Gasteiger partial charge in [-0.15, -0.1) is 11.3 Å². The first kappa shape index (κ1) is 22.5. The fourth-order valence-electron chi connectivity index (χ4n) is 7.13. The summed E-state index contributed by atoms with van der Waals surface area (Å²) >= 11 is 1.89. The van der Waals surface area contributed by atoms with Gasteiger partial charge in [0.2, 0.25) is 0 Å². The van der Waals surface area contributed by atoms with E-state index in [1.165, 1.54) is 63.5 Å². The van der Waals surface area contributed by atoms with Crippen molar-refractivity contribution in [3.63, 3.8) is 0 Å². The lowest BCUT2D eigenvalue weighted by Gasteiger charge is -2.30. The molecular weight excluding hydrogens is 531 g/mol. The largest absolute Gasteiger partial charge is 0.358 e. The second-order valence-electron chi connectivity index (χ2n) is 11.2. The molecule has 1 N–H and O–H groups in total. The van der Waals surface area contributed by atoms with E-state index in [2.05, 4.69) is 137 Å². The van der Waals surface area contributed by atoms with Crippen molar-refractivity contribution in [1.82, 2.24) is 4.57 Å². The molecule has 1 unspecified atom stereocenters. The van der Waals surface area contributed by atoms with Gasteiger partial charge in [0.05, 0.1) is 28.1 Å². The molecule has 3 nitrogen and oxygen atoms in total. The third-order valence-corrected chi connectivity index (χ3v) is 10.1. The number of fused-ring (bicyclic) bond motifs is 2. The zero-order valence-corrected chi connectivity index (χ0v) is 23.3. The third kappa shape index (κ3) is 2.97. The minimum atomic E-state index is -0.192. The van der Waals surface area contributed by atoms with Crippen molar-refractivity contribution in [1.29, 1.82) is 0 Å². The molecule has 1 atom stereocenters. The van der Waals surface area contributed by atoms with E-state index in [1.54, 1.807) is 0 Å². The molecule has 42 heavy (non-hydrogen) atoms. The number of nitrogens with one attached hydrogen (secondary N) is 1. The molecular formula is C38H23N3S. The number of hydrogen-bond donors (Lipinski definition) is 1. The quantitative estimate of drug-likeness (QED) is 0.227. The highest BCUT2D eigenvalue weighted by Crippen LogP contribution is 2.47. The molecule has 0 saturated carbocycles. The molecule has 2 aromatic heterocycles. The second kappa shape index (κ2) is 8.19. The van der Waals surface area contributed by atoms with Crippen molar-refractivity contribution in [2.24, 2.45) is 4.99 Å². The van der Waals surface area contributed by atoms with E-state index in [1.807, 2.05) is 11.3 Å². The molecule has 196 valence electrons. The summed E-state index contributed by atoms with van der Waals surface area (Å²) in [5.41, 5.74) is 6.61. The maximum absolute atomic E-state index is 5.36. The molecule has 0 amide bonds. The van der Waals surface area contributed by atoms with Gasteiger partial charge in [0, 0.05) is 36.5 Å². The summed E-state index contributed by atoms with van der Waals surface area (Å²) in [5, 5.41) is 14.3. The molecule has 1 aliphatic heterocycles. The van der Waals surface area contributed by atoms with Gasteiger partial charge < -0.3 is 9.88 Å². The van der Waals surface area contributed by atoms with E-state index in [4.69, 9.17) is 4.99 Å². The van der Waals surface area contributed by atoms with Crippen molar-refractivity contribution in [3.8, 4) is 0 Å². The van der Waals surface area contributed by atoms with Crippen molar-refractivity contribution in [2.75, 3.05) is 5.32 Å². The predicted molar refractivity (Wildman–Crippen MR) is 180 cm³/mol. The number of hydrogen-bond acceptors (Lipinski definition) is 3. The fourth-order valence-corrected chi connectivity index (χ4v) is 8.31. The van der Waals surface area contributed by atoms with E-state index in [0.29, 0.717) is 0 Å². The Balaban J connectivity index is 1.36. The average Bonchev–Trinajstić information content (AvgIpc) is 3.30. The molecule has 1 aliphatic rings. The minimum absolute atomic E-state index is 0.192. The normalized spacial score (nSPS) is 15.2. The molecule has 0 radical (unpaired) electrons. The van der Waals surface area contributed by atoms with Crippen LogP contribution in [0.4, 0.5) is 11.4 Å². The molecule has 10 rings (SSSR count). The van der Waals surface area contributed by atoms with Gasteiger partial charge in [0.25, 0.3) is 0 Å². The Morgan fingerprint density at radius 2 is 1.17 bits per heavy atom. The Hall–Kier alpha value is -5.19. The minimum Gasteiger partial charge on any atom is -0.358 e. The molecule has 0 saturated heterocycles. The first-order valence-electron chi connectivity index (χ1n) is 14.3. The standard InChI is InChI=1S/C38H23N3S/c1-2-8-25-21-26(16-15-22(25)7-1)37-38(40-28-12-4-3-11-27(28)39-37)41-29-19-17-23-9-5-13-31-33(23)35(29)36-30(41)20-18-24-10-6-14-32(42-31)34(24)36/h1-21,38,40H. The highest BCUT2D eigenvalue weighted by atomic mass is 32.1. The highest BCUT2D eigenvalue weighted by Gasteiger charge is 2.30. The van der Waals surface area contributed by atoms with Crippen molar-refractivity contribution in [2.45, 2.75) is 6.17 Å². The van der Waals surface area contributed by atoms with E-state index >= 15 is 0 Å². The van der Waals surface area contributed by atoms with Crippen LogP contribution in [-0.2, 0) is 0 Å². The monoisotopic (exact) mass is 553 g/mol. The lowest BCUT2D eigenvalue weighted by molar-refractivity contribution is 0.759. The zero-order chi connectivity index (χ0) is 27.4. The molecule has 3 heterocycles. The Labute approximate surface area is 245 Å². The highest BCUT2D eigenvalue weighted by molar-refractivity contribution is 7.24. The Morgan fingerprint density at radius 1 is 0.548 bits per heavy atom. The van der Waals surface area contributed by atoms with Gasteiger partial charge in [-0.1, -0.05) is 84.9 Å². The Morgan fingerprint density at radius 3 is 1.90 bits per heavy atom. The SMILES string of the molecule is c1ccc2c(c1)N=C(c1ccc3ccccc3c1)C(n1c3ccc4cccc5sc6cccc7ccc1c(c76)c3c45)N2. The second-order valence-corrected chi connectivity index (χ2v) is 12.3. The van der Waals surface area contributed by atoms with Gasteiger partial charge in [-0.25, -0.2) is 4.99 Å². The molecule has 4 heteroatoms. The van der Waals surface area contributed by atoms with E-state index in [9.17, 15) is 0 Å². The van der Waals surface area contributed by atoms with Gasteiger partial charge in [-0.05, 0) is 64.0 Å². The summed E-state index contributed by atoms with van der Waals surface area (Å²) in [6.45, 7) is 0. The summed E-state index contributed by atoms with van der Waals surface area (Å²) in [7, 11) is 0. The number of para-hydroxylation sites is 2. The topological polar surface area (TPSA) is 29.3 Å². The maximum Gasteiger partial charge on any atom is 0.148 e. The van der Waals surface area contributed by atoms with Gasteiger partial charge in [0.1, 0.15) is 6.17 Å². The van der Waals surface area contributed by atoms with Crippen LogP contribution in [-0.4, -0.2) is 10.3 Å². The lowest BCUT2D eigenvalue weighted by Crippen LogP contribution is -2.30. The van der Waals surface area contributed by atoms with Crippen LogP contribution in [0.5, 0.6) is 0 Å². The first-order chi connectivity index (χ1) is 20.8. The number of benzene rings is 7. The number of nitrogens with zero attached hydrogens (tertiary/aromatic N) is 2. The zero-order valence-electron chi connectivity index (χ0n) is 22.5. The molecule has 0 spiro atoms. The summed E-state index contributed by atoms with van der Waals surface area (Å²) in [5.74, 6) is 0. The van der Waals surface area contributed by atoms with Crippen molar-refractivity contribution in [3.05, 3.63) is 133 Å². The van der Waals surface area contributed by atoms with Crippen molar-refractivity contribution < 1.29 is 0 Å². The summed E-state index contributed by atoms with van der Waals surface area (Å²) in [4.78, 5) is 5.36. The van der Waals surface area contributed by atoms with Gasteiger partial charge in [-0.2, -0.15) is 0 Å². The molecule has 0 aliphatic carbocycles. The van der Waals surface area contributed by atoms with Crippen LogP contribution < -0.4 is 5.32 Å². The van der Waals surface area contributed by atoms with Gasteiger partial charge in [0.15, 0.2) is 0 Å². The summed E-state index contributed by atoms with van der Waals surface area (Å²) < 4.78 is 5.12. The van der Waals surface area contributed by atoms with Crippen LogP contribution in [0.2, 0.25) is 0 Å². The lowest BCUT2D eigenvalue weighted by atomic mass is 10.00. The molecule has 9 aromatic rings. The smallest absolute Gasteiger partial charge is 0.148 e. The van der Waals surface area contributed by atoms with Crippen molar-refractivity contribution >= 4 is 91.9 Å². The van der Waals surface area contributed by atoms with Crippen LogP contribution in [0.1, 0.15) is 11.7 Å². The van der Waals surface area contributed by atoms with Crippen LogP contribution >= 0.6 is 11.3 Å². The van der Waals surface area contributed by atoms with Gasteiger partial charge >= 0.3 is 0 Å². The van der Waals surface area contributed by atoms with Crippen LogP contribution in [0, 0.1) is 0 Å². The summed E-state index contributed by atoms with van der Waals surface area (Å²) in [6.07, 6.45) is -0.192. The van der Waals surface area contributed by atoms with E-state index in [-0.39, 0.29) is 6.17 Å². The molecule has 0 bridgehead atoms. The average molecular weight is 554 g/mol. The number of rotatable bonds is 2. The predicted octanol–water partition coefficient (Wildman–Crippen LogP) is 10.7. The van der Waals surface area contributed by atoms with Gasteiger partial charge in [-0.3, -0.25) is 0 Å². The maximum atomic E-state index is 5.36. The van der Waals surface area contributed by atoms with Crippen LogP contribution in [0.25, 0.3) is 63.5 Å². The summed E-state index contributed by atoms with van der Waals surface area (Å²) in [6, 6.07) is 46.3. The van der Waals surface area contributed by atoms with E-state index in [0.717, 1.165) is 22.6 Å². The fraction of sp³-hybridized carbons (Fsp3) is 0.0263. The third-order valence-electron chi connectivity index (χ3n) is 8.96. The Kier molecular flexibility index (Phi) is 4.38. The number of aliphatic imine (C=N–C) groups is 1. The number of aromatic nitrogens is 1. The van der Waals surface area contributed by atoms with E-state index < -0.39 is 0 Å². The van der Waals surface area contributed by atoms with Crippen LogP contribution in [0.15, 0.2) is 132 Å². The molecule has 0 fully saturated rings. The number of anilines is 1. The first-order valence-corrected chi connectivity index (χ1v) is 15.2. The Bertz CT molecular complexity index is 2460. The van der Waals surface area contributed by atoms with Crippen LogP contribution in [0.3, 0.4) is 0 Å². The molecule has 7 aromatic carbocycles.